The van der Waals surface area contributed by atoms with E-state index in [9.17, 15) is 0 Å². The molecule has 0 spiro atoms. The Morgan fingerprint density at radius 2 is 2.00 bits per heavy atom. The number of thiocarbonyl (C=S) groups is 1. The fraction of sp³-hybridized carbons (Fsp3) is 0.143. The molecule has 18 heavy (non-hydrogen) atoms. The molecular formula is C14H15N3S. The molecule has 0 aliphatic rings. The molecule has 92 valence electrons. The second kappa shape index (κ2) is 5.14. The molecule has 0 saturated heterocycles. The van der Waals surface area contributed by atoms with E-state index in [0.717, 1.165) is 17.1 Å². The molecule has 0 unspecified atom stereocenters. The average molecular weight is 257 g/mol. The van der Waals surface area contributed by atoms with Crippen molar-refractivity contribution in [2.75, 3.05) is 5.32 Å². The number of hydrogen-bond acceptors (Lipinski definition) is 3. The van der Waals surface area contributed by atoms with Crippen molar-refractivity contribution in [3.63, 3.8) is 0 Å². The highest BCUT2D eigenvalue weighted by molar-refractivity contribution is 7.80. The fourth-order valence-corrected chi connectivity index (χ4v) is 1.83. The third-order valence-corrected chi connectivity index (χ3v) is 2.93. The maximum absolute atomic E-state index is 5.53. The number of pyridine rings is 1. The molecule has 0 atom stereocenters. The van der Waals surface area contributed by atoms with E-state index in [1.807, 2.05) is 18.2 Å². The number of benzene rings is 1. The molecule has 0 saturated carbocycles. The third kappa shape index (κ3) is 2.84. The average Bonchev–Trinajstić information content (AvgIpc) is 2.33. The maximum Gasteiger partial charge on any atom is 0.130 e. The van der Waals surface area contributed by atoms with Gasteiger partial charge in [-0.3, -0.25) is 0 Å². The summed E-state index contributed by atoms with van der Waals surface area (Å²) in [6.45, 7) is 4.14. The molecule has 3 nitrogen and oxygen atoms in total. The number of nitrogens with two attached hydrogens (primary N) is 1. The van der Waals surface area contributed by atoms with Crippen molar-refractivity contribution >= 4 is 28.7 Å². The molecule has 1 aromatic heterocycles. The molecule has 0 amide bonds. The van der Waals surface area contributed by atoms with Gasteiger partial charge in [-0.05, 0) is 37.6 Å². The van der Waals surface area contributed by atoms with Crippen LogP contribution in [0.25, 0.3) is 0 Å². The van der Waals surface area contributed by atoms with Crippen LogP contribution in [0.2, 0.25) is 0 Å². The van der Waals surface area contributed by atoms with Crippen LogP contribution in [-0.2, 0) is 0 Å². The summed E-state index contributed by atoms with van der Waals surface area (Å²) in [5.41, 5.74) is 9.79. The van der Waals surface area contributed by atoms with E-state index < -0.39 is 0 Å². The minimum Gasteiger partial charge on any atom is -0.389 e. The molecule has 3 N–H and O–H groups in total. The molecule has 1 aromatic carbocycles. The van der Waals surface area contributed by atoms with E-state index in [1.165, 1.54) is 11.1 Å². The summed E-state index contributed by atoms with van der Waals surface area (Å²) in [7, 11) is 0. The largest absolute Gasteiger partial charge is 0.389 e. The number of nitrogens with one attached hydrogen (secondary N) is 1. The third-order valence-electron chi connectivity index (χ3n) is 2.69. The zero-order chi connectivity index (χ0) is 13.1. The van der Waals surface area contributed by atoms with Crippen LogP contribution in [0.3, 0.4) is 0 Å². The van der Waals surface area contributed by atoms with Crippen molar-refractivity contribution in [2.24, 2.45) is 5.73 Å². The van der Waals surface area contributed by atoms with E-state index in [-0.39, 0.29) is 0 Å². The predicted molar refractivity (Wildman–Crippen MR) is 79.3 cm³/mol. The first-order valence-corrected chi connectivity index (χ1v) is 6.07. The van der Waals surface area contributed by atoms with Crippen LogP contribution < -0.4 is 11.1 Å². The van der Waals surface area contributed by atoms with Gasteiger partial charge in [-0.1, -0.05) is 29.9 Å². The first kappa shape index (κ1) is 12.5. The van der Waals surface area contributed by atoms with Crippen LogP contribution in [0.1, 0.15) is 16.7 Å². The molecule has 1 heterocycles. The van der Waals surface area contributed by atoms with Crippen LogP contribution in [-0.4, -0.2) is 9.97 Å². The van der Waals surface area contributed by atoms with E-state index in [1.54, 1.807) is 6.20 Å². The van der Waals surface area contributed by atoms with E-state index >= 15 is 0 Å². The minimum atomic E-state index is 0.362. The molecule has 4 heteroatoms. The fourth-order valence-electron chi connectivity index (χ4n) is 1.71. The van der Waals surface area contributed by atoms with Gasteiger partial charge in [-0.2, -0.15) is 0 Å². The summed E-state index contributed by atoms with van der Waals surface area (Å²) < 4.78 is 0. The Balaban J connectivity index is 2.21. The van der Waals surface area contributed by atoms with Gasteiger partial charge in [0.1, 0.15) is 10.8 Å². The molecule has 0 fully saturated rings. The molecular weight excluding hydrogens is 242 g/mol. The molecule has 0 bridgehead atoms. The highest BCUT2D eigenvalue weighted by atomic mass is 32.1. The lowest BCUT2D eigenvalue weighted by atomic mass is 10.1. The van der Waals surface area contributed by atoms with Gasteiger partial charge in [-0.25, -0.2) is 4.98 Å². The van der Waals surface area contributed by atoms with Crippen LogP contribution >= 0.6 is 12.2 Å². The minimum absolute atomic E-state index is 0.362. The normalized spacial score (nSPS) is 10.1. The topological polar surface area (TPSA) is 50.9 Å². The molecule has 2 rings (SSSR count). The first-order chi connectivity index (χ1) is 8.56. The number of hydrogen-bond donors (Lipinski definition) is 2. The summed E-state index contributed by atoms with van der Waals surface area (Å²) in [5, 5.41) is 3.27. The van der Waals surface area contributed by atoms with Crippen LogP contribution in [0, 0.1) is 13.8 Å². The highest BCUT2D eigenvalue weighted by Gasteiger charge is 2.01. The summed E-state index contributed by atoms with van der Waals surface area (Å²) in [6, 6.07) is 9.98. The predicted octanol–water partition coefficient (Wildman–Crippen LogP) is 3.08. The van der Waals surface area contributed by atoms with Gasteiger partial charge >= 0.3 is 0 Å². The van der Waals surface area contributed by atoms with Crippen molar-refractivity contribution in [2.45, 2.75) is 13.8 Å². The van der Waals surface area contributed by atoms with Crippen molar-refractivity contribution in [1.29, 1.82) is 0 Å². The Bertz CT molecular complexity index is 576. The van der Waals surface area contributed by atoms with E-state index in [2.05, 4.69) is 36.3 Å². The Morgan fingerprint density at radius 3 is 2.56 bits per heavy atom. The van der Waals surface area contributed by atoms with Gasteiger partial charge in [0, 0.05) is 17.4 Å². The second-order valence-corrected chi connectivity index (χ2v) is 4.68. The van der Waals surface area contributed by atoms with Gasteiger partial charge in [0.2, 0.25) is 0 Å². The lowest BCUT2D eigenvalue weighted by Gasteiger charge is -2.09. The number of rotatable bonds is 3. The lowest BCUT2D eigenvalue weighted by molar-refractivity contribution is 1.28. The van der Waals surface area contributed by atoms with Crippen LogP contribution in [0.4, 0.5) is 11.5 Å². The summed E-state index contributed by atoms with van der Waals surface area (Å²) in [5.74, 6) is 0.780. The standard InChI is InChI=1S/C14H15N3S/c1-9-3-5-12(10(2)7-9)17-13-6-4-11(8-16-13)14(15)18/h3-8H,1-2H3,(H2,15,18)(H,16,17). The zero-order valence-electron chi connectivity index (χ0n) is 10.4. The van der Waals surface area contributed by atoms with E-state index in [0.29, 0.717) is 4.99 Å². The highest BCUT2D eigenvalue weighted by Crippen LogP contribution is 2.20. The van der Waals surface area contributed by atoms with Crippen molar-refractivity contribution in [1.82, 2.24) is 4.98 Å². The molecule has 2 aromatic rings. The Labute approximate surface area is 112 Å². The Kier molecular flexibility index (Phi) is 3.58. The molecule has 0 radical (unpaired) electrons. The van der Waals surface area contributed by atoms with Crippen molar-refractivity contribution in [3.8, 4) is 0 Å². The SMILES string of the molecule is Cc1ccc(Nc2ccc(C(N)=S)cn2)c(C)c1. The Hall–Kier alpha value is -1.94. The van der Waals surface area contributed by atoms with Gasteiger partial charge < -0.3 is 11.1 Å². The van der Waals surface area contributed by atoms with Crippen LogP contribution in [0.5, 0.6) is 0 Å². The summed E-state index contributed by atoms with van der Waals surface area (Å²) in [4.78, 5) is 4.64. The van der Waals surface area contributed by atoms with Crippen LogP contribution in [0.15, 0.2) is 36.5 Å². The number of anilines is 2. The first-order valence-electron chi connectivity index (χ1n) is 5.66. The quantitative estimate of drug-likeness (QED) is 0.830. The number of aromatic nitrogens is 1. The Morgan fingerprint density at radius 1 is 1.22 bits per heavy atom. The van der Waals surface area contributed by atoms with Crippen molar-refractivity contribution in [3.05, 3.63) is 53.2 Å². The zero-order valence-corrected chi connectivity index (χ0v) is 11.2. The smallest absolute Gasteiger partial charge is 0.130 e. The maximum atomic E-state index is 5.53. The van der Waals surface area contributed by atoms with Gasteiger partial charge in [0.15, 0.2) is 0 Å². The molecule has 0 aliphatic carbocycles. The van der Waals surface area contributed by atoms with Gasteiger partial charge in [-0.15, -0.1) is 0 Å². The second-order valence-electron chi connectivity index (χ2n) is 4.24. The molecule has 0 aliphatic heterocycles. The monoisotopic (exact) mass is 257 g/mol. The van der Waals surface area contributed by atoms with E-state index in [4.69, 9.17) is 18.0 Å². The summed E-state index contributed by atoms with van der Waals surface area (Å²) >= 11 is 4.89. The van der Waals surface area contributed by atoms with Gasteiger partial charge in [0.25, 0.3) is 0 Å². The summed E-state index contributed by atoms with van der Waals surface area (Å²) in [6.07, 6.45) is 1.67. The number of nitrogens with zero attached hydrogens (tertiary/aromatic N) is 1. The van der Waals surface area contributed by atoms with Gasteiger partial charge in [0.05, 0.1) is 0 Å². The lowest BCUT2D eigenvalue weighted by Crippen LogP contribution is -2.09. The number of aryl methyl sites for hydroxylation is 2. The van der Waals surface area contributed by atoms with Crippen molar-refractivity contribution < 1.29 is 0 Å².